The molecule has 0 aromatic rings. The van der Waals surface area contributed by atoms with Crippen LogP contribution in [0.1, 0.15) is 60.3 Å². The first-order valence-corrected chi connectivity index (χ1v) is 7.55. The molecule has 0 aliphatic carbocycles. The zero-order valence-corrected chi connectivity index (χ0v) is 13.7. The maximum absolute atomic E-state index is 11.8. The average molecular weight is 278 g/mol. The van der Waals surface area contributed by atoms with E-state index in [-0.39, 0.29) is 11.6 Å². The van der Waals surface area contributed by atoms with Gasteiger partial charge in [-0.15, -0.1) is 0 Å². The van der Waals surface area contributed by atoms with Crippen molar-refractivity contribution in [1.29, 1.82) is 0 Å². The van der Waals surface area contributed by atoms with E-state index in [4.69, 9.17) is 4.74 Å². The van der Waals surface area contributed by atoms with Gasteiger partial charge in [0.2, 0.25) is 0 Å². The number of ether oxygens (including phenoxy) is 1. The van der Waals surface area contributed by atoms with Crippen molar-refractivity contribution in [2.24, 2.45) is 5.92 Å². The summed E-state index contributed by atoms with van der Waals surface area (Å²) >= 11 is 0. The van der Waals surface area contributed by atoms with E-state index >= 15 is 0 Å². The Morgan fingerprint density at radius 1 is 1.15 bits per heavy atom. The first kappa shape index (κ1) is 18.7. The molecule has 2 nitrogen and oxygen atoms in total. The van der Waals surface area contributed by atoms with Crippen LogP contribution in [0.25, 0.3) is 0 Å². The number of carbonyl (C=O) groups is 1. The molecular weight excluding hydrogens is 248 g/mol. The number of esters is 1. The molecule has 0 amide bonds. The number of hydrogen-bond acceptors (Lipinski definition) is 2. The molecule has 1 atom stereocenters. The normalized spacial score (nSPS) is 14.4. The second-order valence-corrected chi connectivity index (χ2v) is 6.02. The van der Waals surface area contributed by atoms with Crippen LogP contribution < -0.4 is 0 Å². The van der Waals surface area contributed by atoms with Gasteiger partial charge in [-0.2, -0.15) is 0 Å². The van der Waals surface area contributed by atoms with Crippen LogP contribution in [-0.4, -0.2) is 11.6 Å². The molecule has 0 saturated heterocycles. The van der Waals surface area contributed by atoms with Crippen molar-refractivity contribution in [1.82, 2.24) is 0 Å². The van der Waals surface area contributed by atoms with Crippen LogP contribution in [-0.2, 0) is 9.53 Å². The molecule has 0 rings (SSSR count). The zero-order valence-electron chi connectivity index (χ0n) is 13.7. The molecule has 0 aromatic carbocycles. The highest BCUT2D eigenvalue weighted by molar-refractivity contribution is 5.70. The maximum atomic E-state index is 11.8. The first-order valence-electron chi connectivity index (χ1n) is 7.55. The van der Waals surface area contributed by atoms with E-state index in [1.165, 1.54) is 0 Å². The lowest BCUT2D eigenvalue weighted by atomic mass is 9.96. The third kappa shape index (κ3) is 11.8. The fraction of sp³-hybridized carbons (Fsp3) is 0.611. The summed E-state index contributed by atoms with van der Waals surface area (Å²) in [6.45, 7) is 9.87. The number of rotatable bonds is 8. The van der Waals surface area contributed by atoms with Gasteiger partial charge in [0.15, 0.2) is 0 Å². The van der Waals surface area contributed by atoms with E-state index in [2.05, 4.69) is 13.0 Å². The Morgan fingerprint density at radius 2 is 1.80 bits per heavy atom. The Hall–Kier alpha value is -1.31. The number of carbonyl (C=O) groups excluding carboxylic acids is 1. The van der Waals surface area contributed by atoms with Gasteiger partial charge in [0.1, 0.15) is 5.60 Å². The van der Waals surface area contributed by atoms with Crippen LogP contribution in [0, 0.1) is 5.92 Å². The maximum Gasteiger partial charge on any atom is 0.306 e. The summed E-state index contributed by atoms with van der Waals surface area (Å²) in [7, 11) is 0. The van der Waals surface area contributed by atoms with Crippen molar-refractivity contribution in [3.8, 4) is 0 Å². The molecule has 0 fully saturated rings. The van der Waals surface area contributed by atoms with E-state index in [1.54, 1.807) is 0 Å². The van der Waals surface area contributed by atoms with Crippen LogP contribution >= 0.6 is 0 Å². The van der Waals surface area contributed by atoms with Gasteiger partial charge in [0, 0.05) is 6.42 Å². The largest absolute Gasteiger partial charge is 0.460 e. The van der Waals surface area contributed by atoms with Gasteiger partial charge < -0.3 is 4.74 Å². The van der Waals surface area contributed by atoms with E-state index in [1.807, 2.05) is 58.1 Å². The molecule has 1 unspecified atom stereocenters. The van der Waals surface area contributed by atoms with Crippen LogP contribution in [0.15, 0.2) is 36.5 Å². The Labute approximate surface area is 124 Å². The third-order valence-corrected chi connectivity index (χ3v) is 2.70. The molecule has 0 heterocycles. The van der Waals surface area contributed by atoms with Crippen molar-refractivity contribution in [3.63, 3.8) is 0 Å². The van der Waals surface area contributed by atoms with Crippen LogP contribution in [0.4, 0.5) is 0 Å². The third-order valence-electron chi connectivity index (χ3n) is 2.70. The minimum absolute atomic E-state index is 0.0891. The summed E-state index contributed by atoms with van der Waals surface area (Å²) in [6.07, 6.45) is 15.7. The summed E-state index contributed by atoms with van der Waals surface area (Å²) in [5, 5.41) is 0. The molecule has 114 valence electrons. The second kappa shape index (κ2) is 10.5. The molecule has 0 aliphatic heterocycles. The van der Waals surface area contributed by atoms with Crippen molar-refractivity contribution in [3.05, 3.63) is 36.5 Å². The lowest BCUT2D eigenvalue weighted by Gasteiger charge is -2.21. The highest BCUT2D eigenvalue weighted by Gasteiger charge is 2.19. The van der Waals surface area contributed by atoms with Crippen molar-refractivity contribution in [2.75, 3.05) is 0 Å². The minimum Gasteiger partial charge on any atom is -0.460 e. The lowest BCUT2D eigenvalue weighted by Crippen LogP contribution is -2.25. The molecular formula is C18H30O2. The SMILES string of the molecule is CC=CC=CC=CCC(CCC)CC(=O)OC(C)(C)C. The average Bonchev–Trinajstić information content (AvgIpc) is 2.31. The van der Waals surface area contributed by atoms with Crippen LogP contribution in [0.5, 0.6) is 0 Å². The van der Waals surface area contributed by atoms with Gasteiger partial charge in [-0.1, -0.05) is 49.8 Å². The number of hydrogen-bond donors (Lipinski definition) is 0. The smallest absolute Gasteiger partial charge is 0.306 e. The topological polar surface area (TPSA) is 26.3 Å². The fourth-order valence-electron chi connectivity index (χ4n) is 1.92. The first-order chi connectivity index (χ1) is 9.39. The Bertz CT molecular complexity index is 343. The van der Waals surface area contributed by atoms with Gasteiger partial charge in [-0.25, -0.2) is 0 Å². The lowest BCUT2D eigenvalue weighted by molar-refractivity contribution is -0.156. The van der Waals surface area contributed by atoms with Crippen molar-refractivity contribution < 1.29 is 9.53 Å². The van der Waals surface area contributed by atoms with Gasteiger partial charge in [0.05, 0.1) is 0 Å². The standard InChI is InChI=1S/C18H30O2/c1-6-8-9-10-11-12-14-16(13-7-2)15-17(19)20-18(3,4)5/h6,8-12,16H,7,13-15H2,1-5H3. The fourth-order valence-corrected chi connectivity index (χ4v) is 1.92. The summed E-state index contributed by atoms with van der Waals surface area (Å²) in [5.41, 5.74) is -0.390. The molecule has 0 N–H and O–H groups in total. The van der Waals surface area contributed by atoms with E-state index < -0.39 is 0 Å². The molecule has 20 heavy (non-hydrogen) atoms. The molecule has 0 aliphatic rings. The molecule has 0 saturated carbocycles. The summed E-state index contributed by atoms with van der Waals surface area (Å²) in [4.78, 5) is 11.8. The number of allylic oxidation sites excluding steroid dienone is 6. The summed E-state index contributed by atoms with van der Waals surface area (Å²) in [5.74, 6) is 0.287. The molecule has 0 radical (unpaired) electrons. The van der Waals surface area contributed by atoms with Crippen molar-refractivity contribution >= 4 is 5.97 Å². The predicted octanol–water partition coefficient (Wildman–Crippen LogP) is 5.21. The summed E-state index contributed by atoms with van der Waals surface area (Å²) in [6, 6.07) is 0. The van der Waals surface area contributed by atoms with Gasteiger partial charge in [-0.05, 0) is 46.5 Å². The van der Waals surface area contributed by atoms with E-state index in [0.29, 0.717) is 12.3 Å². The molecule has 0 aromatic heterocycles. The van der Waals surface area contributed by atoms with Crippen LogP contribution in [0.2, 0.25) is 0 Å². The Balaban J connectivity index is 4.25. The van der Waals surface area contributed by atoms with Crippen molar-refractivity contribution in [2.45, 2.75) is 65.9 Å². The predicted molar refractivity (Wildman–Crippen MR) is 86.6 cm³/mol. The Kier molecular flexibility index (Phi) is 9.79. The van der Waals surface area contributed by atoms with E-state index in [0.717, 1.165) is 19.3 Å². The highest BCUT2D eigenvalue weighted by atomic mass is 16.6. The molecule has 0 bridgehead atoms. The van der Waals surface area contributed by atoms with Crippen LogP contribution in [0.3, 0.4) is 0 Å². The minimum atomic E-state index is -0.390. The quantitative estimate of drug-likeness (QED) is 0.450. The van der Waals surface area contributed by atoms with Gasteiger partial charge in [-0.3, -0.25) is 4.79 Å². The molecule has 2 heteroatoms. The zero-order chi connectivity index (χ0) is 15.4. The van der Waals surface area contributed by atoms with E-state index in [9.17, 15) is 4.79 Å². The highest BCUT2D eigenvalue weighted by Crippen LogP contribution is 2.19. The van der Waals surface area contributed by atoms with Gasteiger partial charge in [0.25, 0.3) is 0 Å². The molecule has 0 spiro atoms. The monoisotopic (exact) mass is 278 g/mol. The van der Waals surface area contributed by atoms with Gasteiger partial charge >= 0.3 is 5.97 Å². The Morgan fingerprint density at radius 3 is 2.35 bits per heavy atom. The summed E-state index contributed by atoms with van der Waals surface area (Å²) < 4.78 is 5.39. The second-order valence-electron chi connectivity index (χ2n) is 6.02.